The minimum Gasteiger partial charge on any atom is -0.361 e. The van der Waals surface area contributed by atoms with E-state index >= 15 is 0 Å². The zero-order valence-corrected chi connectivity index (χ0v) is 23.2. The van der Waals surface area contributed by atoms with Gasteiger partial charge >= 0.3 is 5.69 Å². The molecule has 0 radical (unpaired) electrons. The van der Waals surface area contributed by atoms with Crippen LogP contribution in [-0.4, -0.2) is 42.9 Å². The summed E-state index contributed by atoms with van der Waals surface area (Å²) < 4.78 is 12.6. The standard InChI is InChI=1S/C24H29BrN6O3Si/c1-6-7-10-30-20-21(27-23(30)25)28(2)24(33)31(22(20)32)14-17-8-9-19-18(13-17)26-15-29(19)16-34-11-12-35(3,4)5/h8-9,13,15H,10-12,14,16H2,1-5H3. The minimum absolute atomic E-state index is 0.124. The van der Waals surface area contributed by atoms with E-state index in [0.717, 1.165) is 29.2 Å². The molecule has 0 bridgehead atoms. The van der Waals surface area contributed by atoms with Crippen LogP contribution in [0.2, 0.25) is 25.7 Å². The number of aryl methyl sites for hydroxylation is 1. The van der Waals surface area contributed by atoms with Crippen molar-refractivity contribution in [1.82, 2.24) is 28.2 Å². The van der Waals surface area contributed by atoms with Gasteiger partial charge in [0.15, 0.2) is 15.9 Å². The van der Waals surface area contributed by atoms with E-state index in [1.54, 1.807) is 24.9 Å². The Kier molecular flexibility index (Phi) is 7.16. The molecule has 9 nitrogen and oxygen atoms in total. The van der Waals surface area contributed by atoms with Crippen LogP contribution in [0.1, 0.15) is 12.5 Å². The number of hydrogen-bond donors (Lipinski definition) is 0. The second kappa shape index (κ2) is 9.97. The summed E-state index contributed by atoms with van der Waals surface area (Å²) in [5, 5.41) is 0. The van der Waals surface area contributed by atoms with Crippen molar-refractivity contribution < 1.29 is 4.74 Å². The van der Waals surface area contributed by atoms with Crippen molar-refractivity contribution in [3.8, 4) is 11.8 Å². The maximum Gasteiger partial charge on any atom is 0.332 e. The molecule has 1 aromatic carbocycles. The van der Waals surface area contributed by atoms with Gasteiger partial charge in [0.05, 0.1) is 30.5 Å². The molecule has 3 aromatic heterocycles. The first-order valence-electron chi connectivity index (χ1n) is 11.4. The van der Waals surface area contributed by atoms with E-state index in [1.807, 2.05) is 22.8 Å². The summed E-state index contributed by atoms with van der Waals surface area (Å²) in [7, 11) is 0.477. The van der Waals surface area contributed by atoms with E-state index < -0.39 is 19.3 Å². The molecule has 4 aromatic rings. The van der Waals surface area contributed by atoms with Crippen LogP contribution in [-0.2, 0) is 31.6 Å². The van der Waals surface area contributed by atoms with Crippen LogP contribution in [0.5, 0.6) is 0 Å². The summed E-state index contributed by atoms with van der Waals surface area (Å²) in [6.45, 7) is 10.3. The van der Waals surface area contributed by atoms with Crippen molar-refractivity contribution in [3.63, 3.8) is 0 Å². The molecule has 0 aliphatic rings. The normalized spacial score (nSPS) is 11.8. The van der Waals surface area contributed by atoms with Crippen molar-refractivity contribution in [2.24, 2.45) is 7.05 Å². The van der Waals surface area contributed by atoms with Gasteiger partial charge in [-0.3, -0.25) is 13.9 Å². The van der Waals surface area contributed by atoms with Crippen LogP contribution < -0.4 is 11.2 Å². The van der Waals surface area contributed by atoms with Crippen LogP contribution >= 0.6 is 15.9 Å². The highest BCUT2D eigenvalue weighted by Crippen LogP contribution is 2.18. The second-order valence-corrected chi connectivity index (χ2v) is 16.0. The zero-order chi connectivity index (χ0) is 25.3. The average molecular weight is 558 g/mol. The first kappa shape index (κ1) is 25.2. The quantitative estimate of drug-likeness (QED) is 0.144. The van der Waals surface area contributed by atoms with Gasteiger partial charge in [-0.05, 0) is 46.6 Å². The summed E-state index contributed by atoms with van der Waals surface area (Å²) >= 11 is 3.39. The van der Waals surface area contributed by atoms with E-state index in [9.17, 15) is 9.59 Å². The summed E-state index contributed by atoms with van der Waals surface area (Å²) in [4.78, 5) is 35.3. The van der Waals surface area contributed by atoms with Gasteiger partial charge in [-0.1, -0.05) is 31.6 Å². The van der Waals surface area contributed by atoms with Crippen molar-refractivity contribution in [2.75, 3.05) is 6.61 Å². The van der Waals surface area contributed by atoms with E-state index in [-0.39, 0.29) is 6.54 Å². The van der Waals surface area contributed by atoms with Crippen molar-refractivity contribution in [1.29, 1.82) is 0 Å². The van der Waals surface area contributed by atoms with Gasteiger partial charge in [-0.15, -0.1) is 5.92 Å². The Morgan fingerprint density at radius 1 is 1.17 bits per heavy atom. The number of ether oxygens (including phenoxy) is 1. The lowest BCUT2D eigenvalue weighted by molar-refractivity contribution is 0.0898. The lowest BCUT2D eigenvalue weighted by atomic mass is 10.2. The molecule has 184 valence electrons. The monoisotopic (exact) mass is 556 g/mol. The number of imidazole rings is 2. The van der Waals surface area contributed by atoms with E-state index in [2.05, 4.69) is 57.4 Å². The molecule has 11 heteroatoms. The lowest BCUT2D eigenvalue weighted by Crippen LogP contribution is -2.40. The number of benzene rings is 1. The molecule has 0 atom stereocenters. The molecule has 0 N–H and O–H groups in total. The maximum atomic E-state index is 13.4. The second-order valence-electron chi connectivity index (χ2n) is 9.68. The molecule has 35 heavy (non-hydrogen) atoms. The van der Waals surface area contributed by atoms with Crippen LogP contribution in [0.4, 0.5) is 0 Å². The summed E-state index contributed by atoms with van der Waals surface area (Å²) in [6.07, 6.45) is 1.76. The highest BCUT2D eigenvalue weighted by molar-refractivity contribution is 9.10. The maximum absolute atomic E-state index is 13.4. The fourth-order valence-corrected chi connectivity index (χ4v) is 5.05. The van der Waals surface area contributed by atoms with Gasteiger partial charge in [-0.25, -0.2) is 14.8 Å². The molecule has 0 aliphatic heterocycles. The first-order chi connectivity index (χ1) is 16.6. The first-order valence-corrected chi connectivity index (χ1v) is 15.9. The SMILES string of the molecule is CC#CCn1c(Br)nc2c1c(=O)n(Cc1ccc3c(c1)ncn3COCC[Si](C)(C)C)c(=O)n2C. The smallest absolute Gasteiger partial charge is 0.332 e. The van der Waals surface area contributed by atoms with Crippen LogP contribution in [0, 0.1) is 11.8 Å². The van der Waals surface area contributed by atoms with Crippen molar-refractivity contribution in [3.05, 3.63) is 55.7 Å². The minimum atomic E-state index is -1.14. The molecular weight excluding hydrogens is 528 g/mol. The number of nitrogens with zero attached hydrogens (tertiary/aromatic N) is 6. The fraction of sp³-hybridized carbons (Fsp3) is 0.417. The molecular formula is C24H29BrN6O3Si. The third-order valence-corrected chi connectivity index (χ3v) is 8.16. The van der Waals surface area contributed by atoms with Gasteiger partial charge in [0, 0.05) is 21.7 Å². The van der Waals surface area contributed by atoms with Crippen LogP contribution in [0.3, 0.4) is 0 Å². The third kappa shape index (κ3) is 5.19. The van der Waals surface area contributed by atoms with Gasteiger partial charge in [0.2, 0.25) is 0 Å². The number of hydrogen-bond acceptors (Lipinski definition) is 5. The third-order valence-electron chi connectivity index (χ3n) is 5.85. The molecule has 4 rings (SSSR count). The Balaban J connectivity index is 1.64. The molecule has 0 spiro atoms. The van der Waals surface area contributed by atoms with Gasteiger partial charge in [0.25, 0.3) is 5.56 Å². The Labute approximate surface area is 212 Å². The predicted octanol–water partition coefficient (Wildman–Crippen LogP) is 3.39. The zero-order valence-electron chi connectivity index (χ0n) is 20.6. The predicted molar refractivity (Wildman–Crippen MR) is 143 cm³/mol. The number of fused-ring (bicyclic) bond motifs is 2. The molecule has 0 saturated heterocycles. The molecule has 3 heterocycles. The van der Waals surface area contributed by atoms with Crippen molar-refractivity contribution >= 4 is 46.2 Å². The molecule has 0 aliphatic carbocycles. The lowest BCUT2D eigenvalue weighted by Gasteiger charge is -2.15. The molecule has 0 amide bonds. The summed E-state index contributed by atoms with van der Waals surface area (Å²) in [5.74, 6) is 5.78. The molecule has 0 unspecified atom stereocenters. The Hall–Kier alpha value is -2.94. The summed E-state index contributed by atoms with van der Waals surface area (Å²) in [5.41, 5.74) is 2.36. The number of rotatable bonds is 8. The van der Waals surface area contributed by atoms with Crippen molar-refractivity contribution in [2.45, 2.75) is 52.4 Å². The molecule has 0 saturated carbocycles. The van der Waals surface area contributed by atoms with E-state index in [1.165, 1.54) is 9.13 Å². The van der Waals surface area contributed by atoms with E-state index in [0.29, 0.717) is 29.2 Å². The van der Waals surface area contributed by atoms with Gasteiger partial charge < -0.3 is 13.9 Å². The topological polar surface area (TPSA) is 88.9 Å². The fourth-order valence-electron chi connectivity index (χ4n) is 3.82. The van der Waals surface area contributed by atoms with Gasteiger partial charge in [-0.2, -0.15) is 0 Å². The summed E-state index contributed by atoms with van der Waals surface area (Å²) in [6, 6.07) is 6.87. The Bertz CT molecular complexity index is 1580. The Morgan fingerprint density at radius 3 is 2.66 bits per heavy atom. The highest BCUT2D eigenvalue weighted by Gasteiger charge is 2.19. The van der Waals surface area contributed by atoms with Crippen LogP contribution in [0.15, 0.2) is 38.8 Å². The average Bonchev–Trinajstić information content (AvgIpc) is 3.36. The van der Waals surface area contributed by atoms with Crippen LogP contribution in [0.25, 0.3) is 22.2 Å². The number of halogens is 1. The number of aromatic nitrogens is 6. The largest absolute Gasteiger partial charge is 0.361 e. The Morgan fingerprint density at radius 2 is 1.94 bits per heavy atom. The van der Waals surface area contributed by atoms with Gasteiger partial charge in [0.1, 0.15) is 6.73 Å². The highest BCUT2D eigenvalue weighted by atomic mass is 79.9. The van der Waals surface area contributed by atoms with E-state index in [4.69, 9.17) is 4.74 Å². The molecule has 0 fully saturated rings.